The Bertz CT molecular complexity index is 578. The average molecular weight is 245 g/mol. The number of amides is 1. The van der Waals surface area contributed by atoms with Gasteiger partial charge in [0.25, 0.3) is 5.91 Å². The van der Waals surface area contributed by atoms with Crippen LogP contribution < -0.4 is 4.90 Å². The van der Waals surface area contributed by atoms with Crippen LogP contribution in [0.15, 0.2) is 36.8 Å². The summed E-state index contributed by atoms with van der Waals surface area (Å²) in [7, 11) is 1.60. The zero-order chi connectivity index (χ0) is 13.1. The van der Waals surface area contributed by atoms with Gasteiger partial charge < -0.3 is 10.1 Å². The fourth-order valence-corrected chi connectivity index (χ4v) is 1.51. The Morgan fingerprint density at radius 3 is 2.67 bits per heavy atom. The zero-order valence-electron chi connectivity index (χ0n) is 9.62. The third-order valence-corrected chi connectivity index (χ3v) is 2.48. The summed E-state index contributed by atoms with van der Waals surface area (Å²) in [6.45, 7) is 0. The van der Waals surface area contributed by atoms with Gasteiger partial charge in [0, 0.05) is 25.6 Å². The second-order valence-corrected chi connectivity index (χ2v) is 3.69. The lowest BCUT2D eigenvalue weighted by Gasteiger charge is -2.15. The number of nitrogens with one attached hydrogen (secondary N) is 1. The Balaban J connectivity index is 2.29. The van der Waals surface area contributed by atoms with E-state index in [0.717, 1.165) is 0 Å². The maximum atomic E-state index is 12.1. The number of anilines is 1. The van der Waals surface area contributed by atoms with Crippen LogP contribution in [0.1, 0.15) is 20.7 Å². The summed E-state index contributed by atoms with van der Waals surface area (Å²) in [6, 6.07) is 4.81. The van der Waals surface area contributed by atoms with E-state index in [2.05, 4.69) is 9.97 Å². The normalized spacial score (nSPS) is 10.1. The Hall–Kier alpha value is -2.63. The Morgan fingerprint density at radius 1 is 1.33 bits per heavy atom. The van der Waals surface area contributed by atoms with Gasteiger partial charge in [-0.3, -0.25) is 14.7 Å². The highest BCUT2D eigenvalue weighted by Gasteiger charge is 2.16. The predicted octanol–water partition coefficient (Wildman–Crippen LogP) is 1.38. The van der Waals surface area contributed by atoms with Gasteiger partial charge in [-0.25, -0.2) is 4.79 Å². The van der Waals surface area contributed by atoms with E-state index in [-0.39, 0.29) is 17.0 Å². The van der Waals surface area contributed by atoms with Crippen molar-refractivity contribution in [3.8, 4) is 0 Å². The van der Waals surface area contributed by atoms with Crippen LogP contribution in [0.5, 0.6) is 0 Å². The Kier molecular flexibility index (Phi) is 3.09. The number of carbonyl (C=O) groups excluding carboxylic acids is 1. The molecule has 2 heterocycles. The van der Waals surface area contributed by atoms with Crippen molar-refractivity contribution in [1.82, 2.24) is 9.97 Å². The molecule has 0 saturated carbocycles. The summed E-state index contributed by atoms with van der Waals surface area (Å²) in [5.41, 5.74) is 0.215. The number of rotatable bonds is 3. The van der Waals surface area contributed by atoms with Gasteiger partial charge in [-0.15, -0.1) is 0 Å². The molecular weight excluding hydrogens is 234 g/mol. The Morgan fingerprint density at radius 2 is 2.06 bits per heavy atom. The fourth-order valence-electron chi connectivity index (χ4n) is 1.51. The highest BCUT2D eigenvalue weighted by Crippen LogP contribution is 2.13. The van der Waals surface area contributed by atoms with Gasteiger partial charge in [0.05, 0.1) is 11.1 Å². The first kappa shape index (κ1) is 11.8. The van der Waals surface area contributed by atoms with E-state index in [1.165, 1.54) is 23.4 Å². The standard InChI is InChI=1S/C12H11N3O3/c1-15(10-3-2-4-14-10)11(16)8-5-9(12(17)18)7-13-6-8/h2-7,14H,1H3,(H,17,18). The number of aromatic nitrogens is 2. The van der Waals surface area contributed by atoms with Crippen LogP contribution in [0.3, 0.4) is 0 Å². The van der Waals surface area contributed by atoms with Crippen LogP contribution in [-0.4, -0.2) is 34.0 Å². The van der Waals surface area contributed by atoms with Gasteiger partial charge >= 0.3 is 5.97 Å². The maximum Gasteiger partial charge on any atom is 0.337 e. The first-order valence-electron chi connectivity index (χ1n) is 5.19. The monoisotopic (exact) mass is 245 g/mol. The molecule has 0 bridgehead atoms. The van der Waals surface area contributed by atoms with Gasteiger partial charge in [0.2, 0.25) is 0 Å². The summed E-state index contributed by atoms with van der Waals surface area (Å²) < 4.78 is 0. The molecule has 2 N–H and O–H groups in total. The molecule has 0 saturated heterocycles. The van der Waals surface area contributed by atoms with Crippen LogP contribution in [0, 0.1) is 0 Å². The molecule has 0 aromatic carbocycles. The van der Waals surface area contributed by atoms with Crippen molar-refractivity contribution in [2.24, 2.45) is 0 Å². The molecule has 0 unspecified atom stereocenters. The van der Waals surface area contributed by atoms with E-state index >= 15 is 0 Å². The van der Waals surface area contributed by atoms with E-state index in [1.54, 1.807) is 25.4 Å². The molecule has 0 fully saturated rings. The van der Waals surface area contributed by atoms with Crippen molar-refractivity contribution in [1.29, 1.82) is 0 Å². The van der Waals surface area contributed by atoms with E-state index < -0.39 is 5.97 Å². The minimum absolute atomic E-state index is 0.0132. The minimum atomic E-state index is -1.11. The van der Waals surface area contributed by atoms with Crippen molar-refractivity contribution >= 4 is 17.7 Å². The van der Waals surface area contributed by atoms with Crippen molar-refractivity contribution in [3.05, 3.63) is 47.9 Å². The van der Waals surface area contributed by atoms with Crippen LogP contribution in [-0.2, 0) is 0 Å². The first-order valence-corrected chi connectivity index (χ1v) is 5.19. The highest BCUT2D eigenvalue weighted by atomic mass is 16.4. The van der Waals surface area contributed by atoms with Gasteiger partial charge in [0.15, 0.2) is 0 Å². The summed E-state index contributed by atoms with van der Waals surface area (Å²) in [6.07, 6.45) is 4.24. The van der Waals surface area contributed by atoms with Crippen LogP contribution in [0.4, 0.5) is 5.82 Å². The number of hydrogen-bond donors (Lipinski definition) is 2. The summed E-state index contributed by atoms with van der Waals surface area (Å²) >= 11 is 0. The van der Waals surface area contributed by atoms with Crippen LogP contribution in [0.2, 0.25) is 0 Å². The molecule has 6 heteroatoms. The SMILES string of the molecule is CN(C(=O)c1cncc(C(=O)O)c1)c1ccc[nH]1. The van der Waals surface area contributed by atoms with Crippen molar-refractivity contribution in [2.75, 3.05) is 11.9 Å². The predicted molar refractivity (Wildman–Crippen MR) is 64.7 cm³/mol. The van der Waals surface area contributed by atoms with Gasteiger partial charge in [0.1, 0.15) is 5.82 Å². The number of nitrogens with zero attached hydrogens (tertiary/aromatic N) is 2. The number of aromatic amines is 1. The first-order chi connectivity index (χ1) is 8.59. The summed E-state index contributed by atoms with van der Waals surface area (Å²) in [4.78, 5) is 30.9. The van der Waals surface area contributed by atoms with E-state index in [0.29, 0.717) is 5.82 Å². The third-order valence-electron chi connectivity index (χ3n) is 2.48. The molecule has 92 valence electrons. The quantitative estimate of drug-likeness (QED) is 0.855. The number of carbonyl (C=O) groups is 2. The number of pyridine rings is 1. The lowest BCUT2D eigenvalue weighted by atomic mass is 10.2. The Labute approximate surface area is 103 Å². The second-order valence-electron chi connectivity index (χ2n) is 3.69. The van der Waals surface area contributed by atoms with Gasteiger partial charge in [-0.05, 0) is 18.2 Å². The molecule has 0 aliphatic rings. The van der Waals surface area contributed by atoms with Crippen LogP contribution in [0.25, 0.3) is 0 Å². The molecule has 2 rings (SSSR count). The maximum absolute atomic E-state index is 12.1. The van der Waals surface area contributed by atoms with Crippen molar-refractivity contribution in [3.63, 3.8) is 0 Å². The lowest BCUT2D eigenvalue weighted by molar-refractivity contribution is 0.0696. The van der Waals surface area contributed by atoms with E-state index in [9.17, 15) is 9.59 Å². The molecule has 1 amide bonds. The summed E-state index contributed by atoms with van der Waals surface area (Å²) in [5.74, 6) is -0.812. The number of carboxylic acids is 1. The average Bonchev–Trinajstić information content (AvgIpc) is 2.91. The molecule has 0 atom stereocenters. The number of aromatic carboxylic acids is 1. The molecule has 0 aliphatic carbocycles. The summed E-state index contributed by atoms with van der Waals surface area (Å²) in [5, 5.41) is 8.84. The molecule has 2 aromatic rings. The van der Waals surface area contributed by atoms with Crippen LogP contribution >= 0.6 is 0 Å². The third kappa shape index (κ3) is 2.22. The molecular formula is C12H11N3O3. The highest BCUT2D eigenvalue weighted by molar-refractivity contribution is 6.06. The number of carboxylic acid groups (broad SMARTS) is 1. The molecule has 18 heavy (non-hydrogen) atoms. The lowest BCUT2D eigenvalue weighted by Crippen LogP contribution is -2.26. The topological polar surface area (TPSA) is 86.3 Å². The van der Waals surface area contributed by atoms with E-state index in [1.807, 2.05) is 0 Å². The smallest absolute Gasteiger partial charge is 0.337 e. The van der Waals surface area contributed by atoms with Gasteiger partial charge in [-0.1, -0.05) is 0 Å². The molecule has 6 nitrogen and oxygen atoms in total. The molecule has 0 radical (unpaired) electrons. The molecule has 0 spiro atoms. The second kappa shape index (κ2) is 4.70. The zero-order valence-corrected chi connectivity index (χ0v) is 9.62. The minimum Gasteiger partial charge on any atom is -0.478 e. The van der Waals surface area contributed by atoms with Gasteiger partial charge in [-0.2, -0.15) is 0 Å². The largest absolute Gasteiger partial charge is 0.478 e. The number of H-pyrrole nitrogens is 1. The van der Waals surface area contributed by atoms with E-state index in [4.69, 9.17) is 5.11 Å². The fraction of sp³-hybridized carbons (Fsp3) is 0.0833. The molecule has 0 aliphatic heterocycles. The van der Waals surface area contributed by atoms with Crippen molar-refractivity contribution < 1.29 is 14.7 Å². The van der Waals surface area contributed by atoms with Crippen molar-refractivity contribution in [2.45, 2.75) is 0 Å². The molecule has 2 aromatic heterocycles. The number of hydrogen-bond acceptors (Lipinski definition) is 3.